The third-order valence-electron chi connectivity index (χ3n) is 3.85. The van der Waals surface area contributed by atoms with Crippen LogP contribution in [0.3, 0.4) is 0 Å². The lowest BCUT2D eigenvalue weighted by Gasteiger charge is -2.34. The molecule has 1 heterocycles. The number of rotatable bonds is 2. The van der Waals surface area contributed by atoms with Crippen LogP contribution in [0.4, 0.5) is 5.69 Å². The van der Waals surface area contributed by atoms with Gasteiger partial charge in [0, 0.05) is 18.0 Å². The summed E-state index contributed by atoms with van der Waals surface area (Å²) in [6.45, 7) is 8.70. The second-order valence-electron chi connectivity index (χ2n) is 6.14. The Balaban J connectivity index is 2.28. The number of nitrogens with zero attached hydrogens (tertiary/aromatic N) is 2. The van der Waals surface area contributed by atoms with E-state index in [4.69, 9.17) is 0 Å². The van der Waals surface area contributed by atoms with Gasteiger partial charge in [0.25, 0.3) is 0 Å². The summed E-state index contributed by atoms with van der Waals surface area (Å²) in [7, 11) is 0. The lowest BCUT2D eigenvalue weighted by molar-refractivity contribution is 0.472. The molecule has 0 fully saturated rings. The molecule has 20 heavy (non-hydrogen) atoms. The second-order valence-corrected chi connectivity index (χ2v) is 6.99. The number of thioether (sulfide) groups is 1. The Morgan fingerprint density at radius 3 is 2.55 bits per heavy atom. The summed E-state index contributed by atoms with van der Waals surface area (Å²) in [4.78, 5) is 3.38. The van der Waals surface area contributed by atoms with E-state index >= 15 is 0 Å². The van der Waals surface area contributed by atoms with E-state index in [-0.39, 0.29) is 5.41 Å². The van der Waals surface area contributed by atoms with Crippen LogP contribution in [0.5, 0.6) is 0 Å². The highest BCUT2D eigenvalue weighted by Crippen LogP contribution is 2.34. The van der Waals surface area contributed by atoms with E-state index in [1.54, 1.807) is 11.8 Å². The van der Waals surface area contributed by atoms with E-state index in [2.05, 4.69) is 43.9 Å². The molecule has 0 N–H and O–H groups in total. The van der Waals surface area contributed by atoms with Crippen molar-refractivity contribution in [3.63, 3.8) is 0 Å². The molecule has 2 nitrogen and oxygen atoms in total. The van der Waals surface area contributed by atoms with Crippen LogP contribution in [0.15, 0.2) is 34.7 Å². The van der Waals surface area contributed by atoms with Crippen LogP contribution < -0.4 is 4.90 Å². The molecular weight excluding hydrogens is 264 g/mol. The van der Waals surface area contributed by atoms with Gasteiger partial charge in [-0.05, 0) is 30.2 Å². The Bertz CT molecular complexity index is 561. The maximum Gasteiger partial charge on any atom is 0.103 e. The van der Waals surface area contributed by atoms with Crippen molar-refractivity contribution in [1.29, 1.82) is 5.26 Å². The summed E-state index contributed by atoms with van der Waals surface area (Å²) >= 11 is 1.64. The minimum Gasteiger partial charge on any atom is -0.366 e. The van der Waals surface area contributed by atoms with Gasteiger partial charge in [0.05, 0.1) is 11.3 Å². The molecule has 0 radical (unpaired) electrons. The van der Waals surface area contributed by atoms with Gasteiger partial charge in [0.2, 0.25) is 0 Å². The molecule has 0 bridgehead atoms. The van der Waals surface area contributed by atoms with Crippen molar-refractivity contribution in [2.45, 2.75) is 32.1 Å². The molecule has 106 valence electrons. The van der Waals surface area contributed by atoms with Crippen molar-refractivity contribution in [3.05, 3.63) is 35.4 Å². The average molecular weight is 286 g/mol. The summed E-state index contributed by atoms with van der Waals surface area (Å²) in [5, 5.41) is 9.44. The maximum atomic E-state index is 9.44. The van der Waals surface area contributed by atoms with Crippen molar-refractivity contribution in [1.82, 2.24) is 0 Å². The molecular formula is C17H22N2S. The van der Waals surface area contributed by atoms with E-state index in [0.29, 0.717) is 0 Å². The lowest BCUT2D eigenvalue weighted by atomic mass is 9.83. The zero-order valence-electron chi connectivity index (χ0n) is 12.7. The molecule has 0 unspecified atom stereocenters. The predicted octanol–water partition coefficient (Wildman–Crippen LogP) is 4.46. The van der Waals surface area contributed by atoms with Gasteiger partial charge in [-0.3, -0.25) is 0 Å². The number of nitriles is 1. The predicted molar refractivity (Wildman–Crippen MR) is 87.3 cm³/mol. The molecule has 0 aromatic heterocycles. The molecule has 0 spiro atoms. The molecule has 1 aliphatic rings. The summed E-state index contributed by atoms with van der Waals surface area (Å²) in [5.41, 5.74) is 3.66. The molecule has 0 saturated carbocycles. The minimum absolute atomic E-state index is 0.255. The van der Waals surface area contributed by atoms with Crippen LogP contribution >= 0.6 is 11.8 Å². The van der Waals surface area contributed by atoms with Gasteiger partial charge in [-0.15, -0.1) is 11.8 Å². The standard InChI is InChI=1S/C17H22N2S/c1-17(2,3)13-8-10-19(11-9-13)15-6-5-7-16(20-4)14(15)12-18/h5-8H,9-11H2,1-4H3. The molecule has 3 heteroatoms. The highest BCUT2D eigenvalue weighted by atomic mass is 32.2. The van der Waals surface area contributed by atoms with Gasteiger partial charge in [-0.1, -0.05) is 38.5 Å². The topological polar surface area (TPSA) is 27.0 Å². The van der Waals surface area contributed by atoms with Crippen molar-refractivity contribution >= 4 is 17.4 Å². The van der Waals surface area contributed by atoms with E-state index in [1.807, 2.05) is 18.4 Å². The van der Waals surface area contributed by atoms with Gasteiger partial charge >= 0.3 is 0 Å². The third kappa shape index (κ3) is 3.02. The monoisotopic (exact) mass is 286 g/mol. The van der Waals surface area contributed by atoms with Gasteiger partial charge in [-0.25, -0.2) is 0 Å². The Morgan fingerprint density at radius 1 is 1.30 bits per heavy atom. The molecule has 0 amide bonds. The fourth-order valence-electron chi connectivity index (χ4n) is 2.63. The van der Waals surface area contributed by atoms with Crippen LogP contribution in [0.25, 0.3) is 0 Å². The molecule has 1 aromatic carbocycles. The SMILES string of the molecule is CSc1cccc(N2CC=C(C(C)(C)C)CC2)c1C#N. The maximum absolute atomic E-state index is 9.44. The Hall–Kier alpha value is -1.40. The normalized spacial score (nSPS) is 15.8. The van der Waals surface area contributed by atoms with E-state index in [9.17, 15) is 5.26 Å². The van der Waals surface area contributed by atoms with Gasteiger partial charge in [-0.2, -0.15) is 5.26 Å². The molecule has 1 aliphatic heterocycles. The Kier molecular flexibility index (Phi) is 4.45. The quantitative estimate of drug-likeness (QED) is 0.593. The van der Waals surface area contributed by atoms with Gasteiger partial charge in [0.1, 0.15) is 6.07 Å². The molecule has 2 rings (SSSR count). The molecule has 0 saturated heterocycles. The van der Waals surface area contributed by atoms with E-state index < -0.39 is 0 Å². The summed E-state index contributed by atoms with van der Waals surface area (Å²) in [5.74, 6) is 0. The summed E-state index contributed by atoms with van der Waals surface area (Å²) in [6.07, 6.45) is 5.43. The first kappa shape index (κ1) is 15.0. The Labute approximate surface area is 126 Å². The van der Waals surface area contributed by atoms with Crippen LogP contribution in [0, 0.1) is 16.7 Å². The van der Waals surface area contributed by atoms with E-state index in [0.717, 1.165) is 35.7 Å². The summed E-state index contributed by atoms with van der Waals surface area (Å²) < 4.78 is 0. The molecule has 1 aromatic rings. The first-order valence-corrected chi connectivity index (χ1v) is 8.21. The number of hydrogen-bond donors (Lipinski definition) is 0. The van der Waals surface area contributed by atoms with Crippen molar-refractivity contribution in [2.24, 2.45) is 5.41 Å². The third-order valence-corrected chi connectivity index (χ3v) is 4.63. The van der Waals surface area contributed by atoms with E-state index in [1.165, 1.54) is 5.57 Å². The highest BCUT2D eigenvalue weighted by Gasteiger charge is 2.22. The number of hydrogen-bond acceptors (Lipinski definition) is 3. The largest absolute Gasteiger partial charge is 0.366 e. The molecule has 0 atom stereocenters. The highest BCUT2D eigenvalue weighted by molar-refractivity contribution is 7.98. The van der Waals surface area contributed by atoms with Crippen LogP contribution in [0.1, 0.15) is 32.8 Å². The number of anilines is 1. The van der Waals surface area contributed by atoms with Crippen molar-refractivity contribution < 1.29 is 0 Å². The van der Waals surface area contributed by atoms with Gasteiger partial charge in [0.15, 0.2) is 0 Å². The van der Waals surface area contributed by atoms with Crippen LogP contribution in [-0.2, 0) is 0 Å². The average Bonchev–Trinajstić information content (AvgIpc) is 2.45. The minimum atomic E-state index is 0.255. The first-order valence-electron chi connectivity index (χ1n) is 6.99. The first-order chi connectivity index (χ1) is 9.47. The zero-order valence-corrected chi connectivity index (χ0v) is 13.5. The Morgan fingerprint density at radius 2 is 2.05 bits per heavy atom. The second kappa shape index (κ2) is 5.93. The molecule has 0 aliphatic carbocycles. The smallest absolute Gasteiger partial charge is 0.103 e. The zero-order chi connectivity index (χ0) is 14.8. The fraction of sp³-hybridized carbons (Fsp3) is 0.471. The summed E-state index contributed by atoms with van der Waals surface area (Å²) in [6, 6.07) is 8.50. The lowest BCUT2D eigenvalue weighted by Crippen LogP contribution is -2.31. The van der Waals surface area contributed by atoms with Crippen LogP contribution in [0.2, 0.25) is 0 Å². The van der Waals surface area contributed by atoms with Gasteiger partial charge < -0.3 is 4.90 Å². The van der Waals surface area contributed by atoms with Crippen molar-refractivity contribution in [2.75, 3.05) is 24.2 Å². The fourth-order valence-corrected chi connectivity index (χ4v) is 3.20. The number of benzene rings is 1. The van der Waals surface area contributed by atoms with Crippen molar-refractivity contribution in [3.8, 4) is 6.07 Å². The van der Waals surface area contributed by atoms with Crippen LogP contribution in [-0.4, -0.2) is 19.3 Å².